The Morgan fingerprint density at radius 2 is 2.08 bits per heavy atom. The lowest BCUT2D eigenvalue weighted by Crippen LogP contribution is -2.11. The number of thiazole rings is 1. The first kappa shape index (κ1) is 15.7. The second-order valence-electron chi connectivity index (χ2n) is 6.59. The molecule has 0 radical (unpaired) electrons. The summed E-state index contributed by atoms with van der Waals surface area (Å²) in [5.41, 5.74) is 11.3. The largest absolute Gasteiger partial charge is 0.397 e. The van der Waals surface area contributed by atoms with E-state index >= 15 is 0 Å². The number of benzene rings is 1. The van der Waals surface area contributed by atoms with Crippen molar-refractivity contribution >= 4 is 59.8 Å². The second-order valence-corrected chi connectivity index (χ2v) is 8.62. The second kappa shape index (κ2) is 5.75. The van der Waals surface area contributed by atoms with E-state index in [-0.39, 0.29) is 5.91 Å². The van der Waals surface area contributed by atoms with Crippen LogP contribution in [0.4, 0.5) is 10.8 Å². The number of fused-ring (bicyclic) bond motifs is 3. The van der Waals surface area contributed by atoms with Crippen LogP contribution in [0.15, 0.2) is 24.3 Å². The Hall–Kier alpha value is -2.51. The van der Waals surface area contributed by atoms with E-state index in [4.69, 9.17) is 10.7 Å². The van der Waals surface area contributed by atoms with Crippen molar-refractivity contribution < 1.29 is 4.79 Å². The Morgan fingerprint density at radius 3 is 2.96 bits per heavy atom. The maximum atomic E-state index is 12.8. The van der Waals surface area contributed by atoms with Crippen molar-refractivity contribution in [1.82, 2.24) is 9.97 Å². The lowest BCUT2D eigenvalue weighted by atomic mass is 10.1. The number of amides is 1. The van der Waals surface area contributed by atoms with Crippen molar-refractivity contribution in [3.8, 4) is 0 Å². The van der Waals surface area contributed by atoms with Gasteiger partial charge in [0.05, 0.1) is 15.9 Å². The van der Waals surface area contributed by atoms with Gasteiger partial charge in [-0.2, -0.15) is 0 Å². The number of nitrogens with zero attached hydrogens (tertiary/aromatic N) is 2. The number of hydrogen-bond donors (Lipinski definition) is 2. The zero-order chi connectivity index (χ0) is 17.8. The first-order valence-electron chi connectivity index (χ1n) is 8.48. The third-order valence-corrected chi connectivity index (χ3v) is 6.77. The van der Waals surface area contributed by atoms with Crippen LogP contribution in [0.2, 0.25) is 0 Å². The van der Waals surface area contributed by atoms with Gasteiger partial charge in [0.1, 0.15) is 9.71 Å². The molecule has 0 spiro atoms. The Balaban J connectivity index is 1.50. The zero-order valence-corrected chi connectivity index (χ0v) is 15.8. The van der Waals surface area contributed by atoms with Gasteiger partial charge >= 0.3 is 0 Å². The standard InChI is InChI=1S/C19H16N4OS2/c1-9-5-6-13-14(7-9)25-19(22-13)23-17(24)16-15(20)11-8-10-3-2-4-12(10)21-18(11)26-16/h5-8H,2-4,20H2,1H3,(H,22,23,24). The number of nitrogens with one attached hydrogen (secondary N) is 1. The summed E-state index contributed by atoms with van der Waals surface area (Å²) in [6, 6.07) is 8.16. The number of aromatic nitrogens is 2. The minimum atomic E-state index is -0.221. The van der Waals surface area contributed by atoms with Crippen molar-refractivity contribution in [2.45, 2.75) is 26.2 Å². The number of thiophene rings is 1. The number of anilines is 2. The molecule has 0 atom stereocenters. The van der Waals surface area contributed by atoms with Gasteiger partial charge in [-0.1, -0.05) is 17.4 Å². The highest BCUT2D eigenvalue weighted by Gasteiger charge is 2.21. The Bertz CT molecular complexity index is 1190. The molecule has 1 amide bonds. The molecule has 3 N–H and O–H groups in total. The monoisotopic (exact) mass is 380 g/mol. The van der Waals surface area contributed by atoms with Crippen LogP contribution >= 0.6 is 22.7 Å². The third-order valence-electron chi connectivity index (χ3n) is 4.72. The van der Waals surface area contributed by atoms with Crippen LogP contribution in [0.25, 0.3) is 20.4 Å². The fourth-order valence-corrected chi connectivity index (χ4v) is 5.36. The molecule has 0 saturated carbocycles. The molecule has 0 aliphatic heterocycles. The molecular weight excluding hydrogens is 364 g/mol. The van der Waals surface area contributed by atoms with E-state index in [1.54, 1.807) is 0 Å². The highest BCUT2D eigenvalue weighted by atomic mass is 32.1. The number of carbonyl (C=O) groups is 1. The molecule has 5 rings (SSSR count). The van der Waals surface area contributed by atoms with Crippen molar-refractivity contribution in [3.63, 3.8) is 0 Å². The molecule has 0 bridgehead atoms. The van der Waals surface area contributed by atoms with Gasteiger partial charge in [0.25, 0.3) is 5.91 Å². The SMILES string of the molecule is Cc1ccc2nc(NC(=O)c3sc4nc5c(cc4c3N)CCC5)sc2c1. The third kappa shape index (κ3) is 2.47. The highest BCUT2D eigenvalue weighted by Crippen LogP contribution is 2.36. The van der Waals surface area contributed by atoms with Crippen LogP contribution in [-0.4, -0.2) is 15.9 Å². The Kier molecular flexibility index (Phi) is 3.48. The van der Waals surface area contributed by atoms with E-state index < -0.39 is 0 Å². The van der Waals surface area contributed by atoms with Crippen LogP contribution < -0.4 is 11.1 Å². The van der Waals surface area contributed by atoms with Gasteiger partial charge in [-0.3, -0.25) is 10.1 Å². The number of carbonyl (C=O) groups excluding carboxylic acids is 1. The number of aryl methyl sites for hydroxylation is 3. The van der Waals surface area contributed by atoms with Crippen LogP contribution in [0.5, 0.6) is 0 Å². The summed E-state index contributed by atoms with van der Waals surface area (Å²) in [5.74, 6) is -0.221. The smallest absolute Gasteiger partial charge is 0.269 e. The number of rotatable bonds is 2. The van der Waals surface area contributed by atoms with Crippen LogP contribution in [0, 0.1) is 6.92 Å². The van der Waals surface area contributed by atoms with E-state index in [2.05, 4.69) is 22.4 Å². The van der Waals surface area contributed by atoms with E-state index in [0.717, 1.165) is 45.4 Å². The number of nitrogens with two attached hydrogens (primary N) is 1. The Labute approximate surface area is 157 Å². The summed E-state index contributed by atoms with van der Waals surface area (Å²) in [4.78, 5) is 23.3. The molecule has 5 nitrogen and oxygen atoms in total. The minimum Gasteiger partial charge on any atom is -0.397 e. The number of nitrogen functional groups attached to an aromatic ring is 1. The molecule has 26 heavy (non-hydrogen) atoms. The summed E-state index contributed by atoms with van der Waals surface area (Å²) < 4.78 is 1.06. The maximum Gasteiger partial charge on any atom is 0.269 e. The summed E-state index contributed by atoms with van der Waals surface area (Å²) in [5, 5.41) is 4.37. The summed E-state index contributed by atoms with van der Waals surface area (Å²) in [7, 11) is 0. The number of hydrogen-bond acceptors (Lipinski definition) is 6. The average molecular weight is 380 g/mol. The molecule has 0 saturated heterocycles. The van der Waals surface area contributed by atoms with Gasteiger partial charge in [0.15, 0.2) is 5.13 Å². The average Bonchev–Trinajstić information content (AvgIpc) is 3.30. The normalized spacial score (nSPS) is 13.4. The number of pyridine rings is 1. The topological polar surface area (TPSA) is 80.9 Å². The van der Waals surface area contributed by atoms with E-state index in [0.29, 0.717) is 15.7 Å². The van der Waals surface area contributed by atoms with Crippen LogP contribution in [-0.2, 0) is 12.8 Å². The first-order chi connectivity index (χ1) is 12.6. The maximum absolute atomic E-state index is 12.8. The Morgan fingerprint density at radius 1 is 1.19 bits per heavy atom. The predicted octanol–water partition coefficient (Wildman–Crippen LogP) is 4.54. The molecule has 1 aromatic carbocycles. The molecule has 1 aliphatic carbocycles. The summed E-state index contributed by atoms with van der Waals surface area (Å²) in [6.07, 6.45) is 3.19. The van der Waals surface area contributed by atoms with Gasteiger partial charge in [0, 0.05) is 11.1 Å². The van der Waals surface area contributed by atoms with Gasteiger partial charge in [0.2, 0.25) is 0 Å². The molecule has 3 heterocycles. The predicted molar refractivity (Wildman–Crippen MR) is 108 cm³/mol. The first-order valence-corrected chi connectivity index (χ1v) is 10.1. The molecule has 7 heteroatoms. The van der Waals surface area contributed by atoms with E-state index in [9.17, 15) is 4.79 Å². The molecule has 4 aromatic rings. The molecule has 1 aliphatic rings. The van der Waals surface area contributed by atoms with Gasteiger partial charge < -0.3 is 5.73 Å². The van der Waals surface area contributed by atoms with Gasteiger partial charge in [-0.15, -0.1) is 11.3 Å². The van der Waals surface area contributed by atoms with Crippen molar-refractivity contribution in [3.05, 3.63) is 46.0 Å². The minimum absolute atomic E-state index is 0.221. The zero-order valence-electron chi connectivity index (χ0n) is 14.1. The lowest BCUT2D eigenvalue weighted by Gasteiger charge is -2.00. The van der Waals surface area contributed by atoms with Gasteiger partial charge in [-0.05, 0) is 55.5 Å². The highest BCUT2D eigenvalue weighted by molar-refractivity contribution is 7.23. The molecular formula is C19H16N4OS2. The van der Waals surface area contributed by atoms with Crippen molar-refractivity contribution in [2.75, 3.05) is 11.1 Å². The summed E-state index contributed by atoms with van der Waals surface area (Å²) >= 11 is 2.83. The quantitative estimate of drug-likeness (QED) is 0.535. The molecule has 0 fully saturated rings. The van der Waals surface area contributed by atoms with Crippen molar-refractivity contribution in [1.29, 1.82) is 0 Å². The lowest BCUT2D eigenvalue weighted by molar-refractivity contribution is 0.103. The molecule has 130 valence electrons. The van der Waals surface area contributed by atoms with Crippen LogP contribution in [0.1, 0.15) is 32.9 Å². The fraction of sp³-hybridized carbons (Fsp3) is 0.211. The van der Waals surface area contributed by atoms with Gasteiger partial charge in [-0.25, -0.2) is 9.97 Å². The van der Waals surface area contributed by atoms with Crippen molar-refractivity contribution in [2.24, 2.45) is 0 Å². The molecule has 3 aromatic heterocycles. The van der Waals surface area contributed by atoms with E-state index in [1.165, 1.54) is 33.8 Å². The fourth-order valence-electron chi connectivity index (χ4n) is 3.41. The van der Waals surface area contributed by atoms with Crippen LogP contribution in [0.3, 0.4) is 0 Å². The van der Waals surface area contributed by atoms with E-state index in [1.807, 2.05) is 19.1 Å². The molecule has 0 unspecified atom stereocenters. The summed E-state index contributed by atoms with van der Waals surface area (Å²) in [6.45, 7) is 2.04.